The van der Waals surface area contributed by atoms with Crippen molar-refractivity contribution in [2.75, 3.05) is 17.3 Å². The Kier molecular flexibility index (Phi) is 7.08. The summed E-state index contributed by atoms with van der Waals surface area (Å²) in [5.41, 5.74) is 0.834. The van der Waals surface area contributed by atoms with E-state index in [-0.39, 0.29) is 11.8 Å². The lowest BCUT2D eigenvalue weighted by Gasteiger charge is -2.17. The second-order valence-corrected chi connectivity index (χ2v) is 5.39. The third-order valence-corrected chi connectivity index (χ3v) is 3.37. The predicted molar refractivity (Wildman–Crippen MR) is 82.8 cm³/mol. The van der Waals surface area contributed by atoms with Crippen LogP contribution in [0.2, 0.25) is 0 Å². The molecule has 0 aliphatic heterocycles. The Morgan fingerprint density at radius 1 is 1.40 bits per heavy atom. The van der Waals surface area contributed by atoms with Crippen LogP contribution < -0.4 is 10.6 Å². The van der Waals surface area contributed by atoms with Crippen LogP contribution in [0.4, 0.5) is 5.82 Å². The first-order valence-electron chi connectivity index (χ1n) is 6.59. The highest BCUT2D eigenvalue weighted by atomic mass is 32.2. The molecule has 0 aromatic carbocycles. The van der Waals surface area contributed by atoms with Crippen molar-refractivity contribution in [1.82, 2.24) is 10.3 Å². The molecular formula is C14H21N3O2S. The van der Waals surface area contributed by atoms with Crippen LogP contribution in [0, 0.1) is 6.92 Å². The molecule has 0 aliphatic carbocycles. The Labute approximate surface area is 123 Å². The number of aryl methyl sites for hydroxylation is 1. The highest BCUT2D eigenvalue weighted by Gasteiger charge is 2.20. The minimum Gasteiger partial charge on any atom is -0.344 e. The van der Waals surface area contributed by atoms with E-state index in [9.17, 15) is 9.59 Å². The molecule has 0 saturated heterocycles. The van der Waals surface area contributed by atoms with Gasteiger partial charge in [-0.2, -0.15) is 11.8 Å². The maximum Gasteiger partial charge on any atom is 0.248 e. The minimum absolute atomic E-state index is 0.122. The Morgan fingerprint density at radius 2 is 2.15 bits per heavy atom. The van der Waals surface area contributed by atoms with Crippen LogP contribution in [-0.2, 0) is 9.59 Å². The van der Waals surface area contributed by atoms with Gasteiger partial charge >= 0.3 is 0 Å². The number of hydrogen-bond acceptors (Lipinski definition) is 4. The van der Waals surface area contributed by atoms with E-state index in [0.29, 0.717) is 18.7 Å². The lowest BCUT2D eigenvalue weighted by Crippen LogP contribution is -2.44. The lowest BCUT2D eigenvalue weighted by atomic mass is 10.2. The average Bonchev–Trinajstić information content (AvgIpc) is 2.43. The van der Waals surface area contributed by atoms with E-state index in [1.54, 1.807) is 24.8 Å². The summed E-state index contributed by atoms with van der Waals surface area (Å²) in [7, 11) is 0. The summed E-state index contributed by atoms with van der Waals surface area (Å²) in [5, 5.41) is 5.49. The summed E-state index contributed by atoms with van der Waals surface area (Å²) in [6, 6.07) is 4.91. The zero-order valence-corrected chi connectivity index (χ0v) is 12.9. The number of rotatable bonds is 7. The van der Waals surface area contributed by atoms with Crippen molar-refractivity contribution in [2.24, 2.45) is 0 Å². The van der Waals surface area contributed by atoms with Gasteiger partial charge in [-0.25, -0.2) is 4.98 Å². The van der Waals surface area contributed by atoms with Gasteiger partial charge in [0.25, 0.3) is 0 Å². The molecule has 0 aliphatic rings. The van der Waals surface area contributed by atoms with E-state index in [2.05, 4.69) is 15.6 Å². The van der Waals surface area contributed by atoms with E-state index in [1.807, 2.05) is 25.3 Å². The summed E-state index contributed by atoms with van der Waals surface area (Å²) in [4.78, 5) is 27.9. The van der Waals surface area contributed by atoms with Gasteiger partial charge in [-0.05, 0) is 37.5 Å². The Hall–Kier alpha value is -1.56. The summed E-state index contributed by atoms with van der Waals surface area (Å²) < 4.78 is 0. The highest BCUT2D eigenvalue weighted by molar-refractivity contribution is 7.98. The van der Waals surface area contributed by atoms with Crippen LogP contribution in [0.5, 0.6) is 0 Å². The largest absolute Gasteiger partial charge is 0.344 e. The van der Waals surface area contributed by atoms with Crippen LogP contribution >= 0.6 is 11.8 Å². The van der Waals surface area contributed by atoms with Crippen LogP contribution in [0.1, 0.15) is 25.5 Å². The fourth-order valence-corrected chi connectivity index (χ4v) is 2.10. The van der Waals surface area contributed by atoms with Gasteiger partial charge in [0.15, 0.2) is 0 Å². The molecule has 5 nitrogen and oxygen atoms in total. The number of carbonyl (C=O) groups excluding carboxylic acids is 2. The molecule has 0 saturated carbocycles. The fraction of sp³-hybridized carbons (Fsp3) is 0.500. The van der Waals surface area contributed by atoms with Crippen LogP contribution in [0.3, 0.4) is 0 Å². The normalized spacial score (nSPS) is 11.8. The second-order valence-electron chi connectivity index (χ2n) is 4.41. The number of thioether (sulfide) groups is 1. The number of carbonyl (C=O) groups is 2. The Bertz CT molecular complexity index is 465. The molecule has 1 heterocycles. The van der Waals surface area contributed by atoms with Gasteiger partial charge < -0.3 is 10.6 Å². The topological polar surface area (TPSA) is 71.1 Å². The molecule has 1 atom stereocenters. The smallest absolute Gasteiger partial charge is 0.248 e. The summed E-state index contributed by atoms with van der Waals surface area (Å²) in [6.45, 7) is 3.63. The van der Waals surface area contributed by atoms with E-state index in [0.717, 1.165) is 11.4 Å². The highest BCUT2D eigenvalue weighted by Crippen LogP contribution is 2.07. The molecule has 2 amide bonds. The van der Waals surface area contributed by atoms with Crippen molar-refractivity contribution in [3.63, 3.8) is 0 Å². The first-order valence-corrected chi connectivity index (χ1v) is 7.99. The second kappa shape index (κ2) is 8.58. The molecule has 2 N–H and O–H groups in total. The molecular weight excluding hydrogens is 274 g/mol. The molecule has 1 aromatic heterocycles. The minimum atomic E-state index is -0.516. The van der Waals surface area contributed by atoms with Gasteiger partial charge in [0.1, 0.15) is 11.9 Å². The summed E-state index contributed by atoms with van der Waals surface area (Å²) >= 11 is 1.64. The molecule has 1 rings (SSSR count). The predicted octanol–water partition coefficient (Wildman–Crippen LogP) is 1.98. The SMILES string of the molecule is CCC(=O)NC(CCSC)C(=O)Nc1cccc(C)n1. The fourth-order valence-electron chi connectivity index (χ4n) is 1.63. The van der Waals surface area contributed by atoms with Crippen LogP contribution in [-0.4, -0.2) is 34.8 Å². The first-order chi connectivity index (χ1) is 9.56. The van der Waals surface area contributed by atoms with E-state index >= 15 is 0 Å². The van der Waals surface area contributed by atoms with Gasteiger partial charge in [-0.1, -0.05) is 13.0 Å². The van der Waals surface area contributed by atoms with E-state index < -0.39 is 6.04 Å². The van der Waals surface area contributed by atoms with Crippen molar-refractivity contribution in [1.29, 1.82) is 0 Å². The van der Waals surface area contributed by atoms with E-state index in [1.165, 1.54) is 0 Å². The van der Waals surface area contributed by atoms with Crippen molar-refractivity contribution >= 4 is 29.4 Å². The zero-order chi connectivity index (χ0) is 15.0. The summed E-state index contributed by atoms with van der Waals surface area (Å²) in [6.07, 6.45) is 2.94. The van der Waals surface area contributed by atoms with Gasteiger partial charge in [0, 0.05) is 12.1 Å². The number of nitrogens with one attached hydrogen (secondary N) is 2. The van der Waals surface area contributed by atoms with Gasteiger partial charge in [0.05, 0.1) is 0 Å². The standard InChI is InChI=1S/C14H21N3O2S/c1-4-13(18)16-11(8-9-20-3)14(19)17-12-7-5-6-10(2)15-12/h5-7,11H,4,8-9H2,1-3H3,(H,16,18)(H,15,17,19). The van der Waals surface area contributed by atoms with Crippen molar-refractivity contribution in [3.8, 4) is 0 Å². The quantitative estimate of drug-likeness (QED) is 0.807. The van der Waals surface area contributed by atoms with Crippen LogP contribution in [0.25, 0.3) is 0 Å². The number of hydrogen-bond donors (Lipinski definition) is 2. The maximum atomic E-state index is 12.2. The number of amides is 2. The van der Waals surface area contributed by atoms with Gasteiger partial charge in [-0.3, -0.25) is 9.59 Å². The van der Waals surface area contributed by atoms with Crippen molar-refractivity contribution in [2.45, 2.75) is 32.7 Å². The molecule has 0 fully saturated rings. The Morgan fingerprint density at radius 3 is 2.75 bits per heavy atom. The monoisotopic (exact) mass is 295 g/mol. The average molecular weight is 295 g/mol. The molecule has 6 heteroatoms. The number of aromatic nitrogens is 1. The molecule has 20 heavy (non-hydrogen) atoms. The van der Waals surface area contributed by atoms with Crippen molar-refractivity contribution < 1.29 is 9.59 Å². The number of pyridine rings is 1. The molecule has 1 unspecified atom stereocenters. The maximum absolute atomic E-state index is 12.2. The molecule has 1 aromatic rings. The third-order valence-electron chi connectivity index (χ3n) is 2.72. The molecule has 0 radical (unpaired) electrons. The van der Waals surface area contributed by atoms with Crippen LogP contribution in [0.15, 0.2) is 18.2 Å². The summed E-state index contributed by atoms with van der Waals surface area (Å²) in [5.74, 6) is 0.973. The molecule has 0 bridgehead atoms. The van der Waals surface area contributed by atoms with Gasteiger partial charge in [0.2, 0.25) is 11.8 Å². The Balaban J connectivity index is 2.68. The van der Waals surface area contributed by atoms with Gasteiger partial charge in [-0.15, -0.1) is 0 Å². The third kappa shape index (κ3) is 5.61. The lowest BCUT2D eigenvalue weighted by molar-refractivity contribution is -0.126. The first kappa shape index (κ1) is 16.5. The van der Waals surface area contributed by atoms with E-state index in [4.69, 9.17) is 0 Å². The molecule has 110 valence electrons. The zero-order valence-electron chi connectivity index (χ0n) is 12.1. The van der Waals surface area contributed by atoms with Crippen molar-refractivity contribution in [3.05, 3.63) is 23.9 Å². The molecule has 0 spiro atoms. The number of anilines is 1. The number of nitrogens with zero attached hydrogens (tertiary/aromatic N) is 1.